The number of hydrogen-bond acceptors (Lipinski definition) is 6. The first-order chi connectivity index (χ1) is 10.5. The largest absolute Gasteiger partial charge is 0.466 e. The minimum atomic E-state index is -0.708. The number of fused-ring (bicyclic) bond motifs is 1. The van der Waals surface area contributed by atoms with E-state index in [1.54, 1.807) is 30.1 Å². The number of nitrogens with zero attached hydrogens (tertiary/aromatic N) is 1. The summed E-state index contributed by atoms with van der Waals surface area (Å²) in [6.45, 7) is 0.421. The Morgan fingerprint density at radius 3 is 2.64 bits per heavy atom. The molecule has 0 aliphatic carbocycles. The number of ether oxygens (including phenoxy) is 2. The van der Waals surface area contributed by atoms with Crippen molar-refractivity contribution < 1.29 is 23.9 Å². The third-order valence-electron chi connectivity index (χ3n) is 3.29. The monoisotopic (exact) mass is 304 g/mol. The van der Waals surface area contributed by atoms with Crippen LogP contribution in [0, 0.1) is 0 Å². The summed E-state index contributed by atoms with van der Waals surface area (Å²) in [5.74, 6) is -1.48. The summed E-state index contributed by atoms with van der Waals surface area (Å²) in [6.07, 6.45) is 1.01. The molecule has 116 valence electrons. The summed E-state index contributed by atoms with van der Waals surface area (Å²) in [4.78, 5) is 36.7. The van der Waals surface area contributed by atoms with Crippen LogP contribution in [0.2, 0.25) is 0 Å². The van der Waals surface area contributed by atoms with Crippen molar-refractivity contribution in [3.8, 4) is 0 Å². The molecular weight excluding hydrogens is 288 g/mol. The van der Waals surface area contributed by atoms with E-state index in [1.807, 2.05) is 0 Å². The molecule has 0 bridgehead atoms. The molecule has 0 aromatic heterocycles. The molecule has 0 saturated carbocycles. The SMILES string of the molecule is COC(=O)/C=C(/Nc1cccc2c1CN(C)C2=O)C(=O)OC. The molecule has 1 aromatic rings. The highest BCUT2D eigenvalue weighted by Gasteiger charge is 2.27. The van der Waals surface area contributed by atoms with Gasteiger partial charge in [0.15, 0.2) is 0 Å². The van der Waals surface area contributed by atoms with Gasteiger partial charge in [-0.1, -0.05) is 6.07 Å². The summed E-state index contributed by atoms with van der Waals surface area (Å²) >= 11 is 0. The second kappa shape index (κ2) is 6.30. The van der Waals surface area contributed by atoms with Gasteiger partial charge in [0.2, 0.25) is 0 Å². The van der Waals surface area contributed by atoms with Gasteiger partial charge in [-0.15, -0.1) is 0 Å². The molecule has 0 atom stereocenters. The second-order valence-electron chi connectivity index (χ2n) is 4.69. The number of amides is 1. The maximum absolute atomic E-state index is 12.0. The smallest absolute Gasteiger partial charge is 0.354 e. The number of carbonyl (C=O) groups excluding carboxylic acids is 3. The van der Waals surface area contributed by atoms with E-state index >= 15 is 0 Å². The summed E-state index contributed by atoms with van der Waals surface area (Å²) in [7, 11) is 4.11. The van der Waals surface area contributed by atoms with E-state index in [2.05, 4.69) is 14.8 Å². The van der Waals surface area contributed by atoms with Gasteiger partial charge in [-0.25, -0.2) is 9.59 Å². The average molecular weight is 304 g/mol. The number of carbonyl (C=O) groups is 3. The van der Waals surface area contributed by atoms with E-state index < -0.39 is 11.9 Å². The lowest BCUT2D eigenvalue weighted by atomic mass is 10.1. The van der Waals surface area contributed by atoms with Gasteiger partial charge in [0.25, 0.3) is 5.91 Å². The minimum Gasteiger partial charge on any atom is -0.466 e. The van der Waals surface area contributed by atoms with Gasteiger partial charge in [-0.05, 0) is 12.1 Å². The van der Waals surface area contributed by atoms with E-state index in [0.29, 0.717) is 17.8 Å². The highest BCUT2D eigenvalue weighted by atomic mass is 16.5. The number of anilines is 1. The van der Waals surface area contributed by atoms with Crippen molar-refractivity contribution in [2.24, 2.45) is 0 Å². The number of rotatable bonds is 4. The molecule has 1 amide bonds. The molecule has 1 aromatic carbocycles. The molecule has 22 heavy (non-hydrogen) atoms. The molecular formula is C15H16N2O5. The van der Waals surface area contributed by atoms with Gasteiger partial charge in [-0.3, -0.25) is 4.79 Å². The minimum absolute atomic E-state index is 0.0650. The normalized spacial score (nSPS) is 13.7. The number of benzene rings is 1. The predicted octanol–water partition coefficient (Wildman–Crippen LogP) is 0.914. The van der Waals surface area contributed by atoms with Crippen LogP contribution in [0.15, 0.2) is 30.0 Å². The Morgan fingerprint density at radius 1 is 1.27 bits per heavy atom. The van der Waals surface area contributed by atoms with Crippen molar-refractivity contribution in [1.29, 1.82) is 0 Å². The molecule has 1 N–H and O–H groups in total. The molecule has 0 fully saturated rings. The van der Waals surface area contributed by atoms with Gasteiger partial charge in [-0.2, -0.15) is 0 Å². The fourth-order valence-corrected chi connectivity index (χ4v) is 2.17. The highest BCUT2D eigenvalue weighted by molar-refractivity contribution is 6.02. The Balaban J connectivity index is 2.37. The van der Waals surface area contributed by atoms with Crippen molar-refractivity contribution in [2.45, 2.75) is 6.54 Å². The van der Waals surface area contributed by atoms with Crippen LogP contribution >= 0.6 is 0 Å². The predicted molar refractivity (Wildman–Crippen MR) is 78.0 cm³/mol. The molecule has 1 heterocycles. The van der Waals surface area contributed by atoms with Crippen LogP contribution in [0.3, 0.4) is 0 Å². The topological polar surface area (TPSA) is 84.9 Å². The molecule has 7 nitrogen and oxygen atoms in total. The summed E-state index contributed by atoms with van der Waals surface area (Å²) in [5, 5.41) is 2.84. The Labute approximate surface area is 127 Å². The van der Waals surface area contributed by atoms with E-state index in [4.69, 9.17) is 0 Å². The van der Waals surface area contributed by atoms with Crippen LogP contribution in [-0.4, -0.2) is 44.0 Å². The van der Waals surface area contributed by atoms with Crippen molar-refractivity contribution in [2.75, 3.05) is 26.6 Å². The fourth-order valence-electron chi connectivity index (χ4n) is 2.17. The maximum Gasteiger partial charge on any atom is 0.354 e. The zero-order chi connectivity index (χ0) is 16.3. The van der Waals surface area contributed by atoms with E-state index in [1.165, 1.54) is 14.2 Å². The number of hydrogen-bond donors (Lipinski definition) is 1. The first-order valence-electron chi connectivity index (χ1n) is 6.50. The summed E-state index contributed by atoms with van der Waals surface area (Å²) in [5.41, 5.74) is 1.82. The quantitative estimate of drug-likeness (QED) is 0.657. The fraction of sp³-hybridized carbons (Fsp3) is 0.267. The average Bonchev–Trinajstić information content (AvgIpc) is 2.82. The van der Waals surface area contributed by atoms with Gasteiger partial charge in [0.05, 0.1) is 20.3 Å². The first kappa shape index (κ1) is 15.6. The van der Waals surface area contributed by atoms with Gasteiger partial charge in [0, 0.05) is 30.4 Å². The van der Waals surface area contributed by atoms with Crippen LogP contribution in [0.4, 0.5) is 5.69 Å². The second-order valence-corrected chi connectivity index (χ2v) is 4.69. The van der Waals surface area contributed by atoms with E-state index in [-0.39, 0.29) is 11.6 Å². The number of methoxy groups -OCH3 is 2. The summed E-state index contributed by atoms with van der Waals surface area (Å²) < 4.78 is 9.15. The Hall–Kier alpha value is -2.83. The molecule has 2 rings (SSSR count). The van der Waals surface area contributed by atoms with Crippen molar-refractivity contribution in [1.82, 2.24) is 4.90 Å². The van der Waals surface area contributed by atoms with Gasteiger partial charge in [0.1, 0.15) is 5.70 Å². The van der Waals surface area contributed by atoms with E-state index in [0.717, 1.165) is 11.6 Å². The Kier molecular flexibility index (Phi) is 4.45. The van der Waals surface area contributed by atoms with Crippen molar-refractivity contribution in [3.63, 3.8) is 0 Å². The maximum atomic E-state index is 12.0. The molecule has 7 heteroatoms. The Bertz CT molecular complexity index is 666. The molecule has 0 radical (unpaired) electrons. The highest BCUT2D eigenvalue weighted by Crippen LogP contribution is 2.29. The molecule has 1 aliphatic rings. The van der Waals surface area contributed by atoms with Gasteiger partial charge < -0.3 is 19.7 Å². The Morgan fingerprint density at radius 2 is 2.00 bits per heavy atom. The van der Waals surface area contributed by atoms with Crippen LogP contribution in [-0.2, 0) is 25.6 Å². The third kappa shape index (κ3) is 2.93. The lowest BCUT2D eigenvalue weighted by Gasteiger charge is -2.12. The standard InChI is InChI=1S/C15H16N2O5/c1-17-8-10-9(14(17)19)5-4-6-11(10)16-12(15(20)22-3)7-13(18)21-2/h4-7,16H,8H2,1-3H3/b12-7+. The van der Waals surface area contributed by atoms with E-state index in [9.17, 15) is 14.4 Å². The molecule has 0 saturated heterocycles. The summed E-state index contributed by atoms with van der Waals surface area (Å²) in [6, 6.07) is 5.14. The van der Waals surface area contributed by atoms with Crippen LogP contribution < -0.4 is 5.32 Å². The zero-order valence-corrected chi connectivity index (χ0v) is 12.5. The van der Waals surface area contributed by atoms with Gasteiger partial charge >= 0.3 is 11.9 Å². The zero-order valence-electron chi connectivity index (χ0n) is 12.5. The molecule has 0 spiro atoms. The lowest BCUT2D eigenvalue weighted by molar-refractivity contribution is -0.138. The number of nitrogens with one attached hydrogen (secondary N) is 1. The molecule has 1 aliphatic heterocycles. The molecule has 0 unspecified atom stereocenters. The van der Waals surface area contributed by atoms with Crippen molar-refractivity contribution >= 4 is 23.5 Å². The van der Waals surface area contributed by atoms with Crippen molar-refractivity contribution in [3.05, 3.63) is 41.1 Å². The van der Waals surface area contributed by atoms with Crippen LogP contribution in [0.5, 0.6) is 0 Å². The van der Waals surface area contributed by atoms with Crippen LogP contribution in [0.1, 0.15) is 15.9 Å². The third-order valence-corrected chi connectivity index (χ3v) is 3.29. The first-order valence-corrected chi connectivity index (χ1v) is 6.50. The lowest BCUT2D eigenvalue weighted by Crippen LogP contribution is -2.17. The van der Waals surface area contributed by atoms with Crippen LogP contribution in [0.25, 0.3) is 0 Å². The number of esters is 2.